The normalized spacial score (nSPS) is 11.9. The lowest BCUT2D eigenvalue weighted by atomic mass is 10.2. The Labute approximate surface area is 107 Å². The van der Waals surface area contributed by atoms with Gasteiger partial charge in [0, 0.05) is 19.5 Å². The molecule has 0 aromatic rings. The number of hydrogen-bond acceptors (Lipinski definition) is 3. The molecule has 0 saturated heterocycles. The summed E-state index contributed by atoms with van der Waals surface area (Å²) in [6, 6.07) is -0.173. The molecule has 0 radical (unpaired) electrons. The van der Waals surface area contributed by atoms with E-state index in [0.29, 0.717) is 31.8 Å². The minimum Gasteiger partial charge on any atom is -0.481 e. The number of urea groups is 1. The van der Waals surface area contributed by atoms with Crippen LogP contribution in [0.3, 0.4) is 0 Å². The minimum atomic E-state index is -0.791. The van der Waals surface area contributed by atoms with E-state index in [-0.39, 0.29) is 12.5 Å². The second-order valence-electron chi connectivity index (χ2n) is 4.05. The second-order valence-corrected chi connectivity index (χ2v) is 4.96. The van der Waals surface area contributed by atoms with Crippen molar-refractivity contribution in [2.24, 2.45) is 5.92 Å². The Morgan fingerprint density at radius 2 is 2.00 bits per heavy atom. The van der Waals surface area contributed by atoms with E-state index in [1.165, 1.54) is 0 Å². The lowest BCUT2D eigenvalue weighted by Gasteiger charge is -2.11. The zero-order valence-electron chi connectivity index (χ0n) is 10.5. The van der Waals surface area contributed by atoms with Crippen molar-refractivity contribution in [3.63, 3.8) is 0 Å². The summed E-state index contributed by atoms with van der Waals surface area (Å²) in [7, 11) is 0. The maximum atomic E-state index is 11.3. The fourth-order valence-electron chi connectivity index (χ4n) is 1.28. The molecule has 5 nitrogen and oxygen atoms in total. The molecule has 1 unspecified atom stereocenters. The van der Waals surface area contributed by atoms with Crippen molar-refractivity contribution >= 4 is 23.8 Å². The molecule has 0 rings (SSSR count). The Morgan fingerprint density at radius 3 is 2.59 bits per heavy atom. The van der Waals surface area contributed by atoms with Gasteiger partial charge in [0.15, 0.2) is 0 Å². The maximum Gasteiger partial charge on any atom is 0.314 e. The summed E-state index contributed by atoms with van der Waals surface area (Å²) in [5, 5.41) is 13.9. The summed E-state index contributed by atoms with van der Waals surface area (Å²) >= 11 is 1.76. The number of carboxylic acids is 1. The molecule has 6 heteroatoms. The third-order valence-corrected chi connectivity index (χ3v) is 3.07. The van der Waals surface area contributed by atoms with Crippen LogP contribution in [0.25, 0.3) is 0 Å². The molecular weight excluding hydrogens is 240 g/mol. The van der Waals surface area contributed by atoms with Gasteiger partial charge in [-0.15, -0.1) is 0 Å². The number of carbonyl (C=O) groups is 2. The first kappa shape index (κ1) is 16.1. The molecule has 17 heavy (non-hydrogen) atoms. The molecule has 100 valence electrons. The Balaban J connectivity index is 3.37. The van der Waals surface area contributed by atoms with Crippen LogP contribution in [0.15, 0.2) is 0 Å². The fraction of sp³-hybridized carbons (Fsp3) is 0.818. The predicted molar refractivity (Wildman–Crippen MR) is 70.4 cm³/mol. The Kier molecular flexibility index (Phi) is 9.71. The summed E-state index contributed by atoms with van der Waals surface area (Å²) in [4.78, 5) is 21.5. The van der Waals surface area contributed by atoms with Crippen LogP contribution in [0.4, 0.5) is 4.79 Å². The van der Waals surface area contributed by atoms with Crippen molar-refractivity contribution < 1.29 is 14.7 Å². The molecule has 3 N–H and O–H groups in total. The highest BCUT2D eigenvalue weighted by atomic mass is 32.2. The van der Waals surface area contributed by atoms with Crippen LogP contribution in [-0.2, 0) is 4.79 Å². The van der Waals surface area contributed by atoms with Crippen LogP contribution < -0.4 is 10.6 Å². The van der Waals surface area contributed by atoms with Crippen LogP contribution in [0, 0.1) is 5.92 Å². The second kappa shape index (κ2) is 10.3. The van der Waals surface area contributed by atoms with Crippen molar-refractivity contribution in [2.45, 2.75) is 26.2 Å². The molecule has 0 aliphatic rings. The highest BCUT2D eigenvalue weighted by molar-refractivity contribution is 7.98. The van der Waals surface area contributed by atoms with Crippen molar-refractivity contribution in [1.29, 1.82) is 0 Å². The number of hydrogen-bond donors (Lipinski definition) is 3. The lowest BCUT2D eigenvalue weighted by molar-refractivity contribution is -0.137. The Bertz CT molecular complexity index is 237. The third-order valence-electron chi connectivity index (χ3n) is 2.17. The molecule has 0 aromatic carbocycles. The number of carbonyl (C=O) groups excluding carboxylic acids is 1. The largest absolute Gasteiger partial charge is 0.481 e. The number of nitrogens with one attached hydrogen (secondary N) is 2. The van der Waals surface area contributed by atoms with Gasteiger partial charge >= 0.3 is 12.0 Å². The van der Waals surface area contributed by atoms with E-state index in [9.17, 15) is 9.59 Å². The molecular formula is C11H22N2O3S. The predicted octanol–water partition coefficient (Wildman–Crippen LogP) is 1.54. The number of aliphatic carboxylic acids is 1. The molecule has 0 heterocycles. The first-order chi connectivity index (χ1) is 8.06. The minimum absolute atomic E-state index is 0.161. The van der Waals surface area contributed by atoms with E-state index in [1.807, 2.05) is 6.26 Å². The molecule has 0 saturated carbocycles. The van der Waals surface area contributed by atoms with Gasteiger partial charge in [-0.3, -0.25) is 4.79 Å². The number of carboxylic acid groups (broad SMARTS) is 1. The monoisotopic (exact) mass is 262 g/mol. The summed E-state index contributed by atoms with van der Waals surface area (Å²) < 4.78 is 0. The van der Waals surface area contributed by atoms with Crippen LogP contribution in [-0.4, -0.2) is 42.2 Å². The highest BCUT2D eigenvalue weighted by Crippen LogP contribution is 2.02. The van der Waals surface area contributed by atoms with Gasteiger partial charge in [0.25, 0.3) is 0 Å². The topological polar surface area (TPSA) is 78.4 Å². The standard InChI is InChI=1S/C11H22N2O3S/c1-9(8-17-2)7-13-11(16)12-6-4-3-5-10(14)15/h9H,3-8H2,1-2H3,(H,14,15)(H2,12,13,16). The summed E-state index contributed by atoms with van der Waals surface area (Å²) in [5.74, 6) is 0.696. The van der Waals surface area contributed by atoms with E-state index >= 15 is 0 Å². The summed E-state index contributed by atoms with van der Waals surface area (Å²) in [6.45, 7) is 3.28. The average Bonchev–Trinajstić information content (AvgIpc) is 2.26. The first-order valence-electron chi connectivity index (χ1n) is 5.78. The fourth-order valence-corrected chi connectivity index (χ4v) is 1.96. The van der Waals surface area contributed by atoms with Gasteiger partial charge in [-0.2, -0.15) is 11.8 Å². The van der Waals surface area contributed by atoms with Gasteiger partial charge in [-0.1, -0.05) is 6.92 Å². The van der Waals surface area contributed by atoms with Crippen LogP contribution in [0.5, 0.6) is 0 Å². The van der Waals surface area contributed by atoms with Gasteiger partial charge in [0.1, 0.15) is 0 Å². The van der Waals surface area contributed by atoms with E-state index in [2.05, 4.69) is 17.6 Å². The quantitative estimate of drug-likeness (QED) is 0.551. The van der Waals surface area contributed by atoms with Crippen LogP contribution in [0.1, 0.15) is 26.2 Å². The number of thioether (sulfide) groups is 1. The van der Waals surface area contributed by atoms with Gasteiger partial charge in [-0.05, 0) is 30.8 Å². The van der Waals surface area contributed by atoms with E-state index in [1.54, 1.807) is 11.8 Å². The smallest absolute Gasteiger partial charge is 0.314 e. The van der Waals surface area contributed by atoms with Crippen molar-refractivity contribution in [3.05, 3.63) is 0 Å². The summed E-state index contributed by atoms with van der Waals surface area (Å²) in [5.41, 5.74) is 0. The van der Waals surface area contributed by atoms with Crippen LogP contribution in [0.2, 0.25) is 0 Å². The van der Waals surface area contributed by atoms with E-state index in [4.69, 9.17) is 5.11 Å². The lowest BCUT2D eigenvalue weighted by Crippen LogP contribution is -2.38. The average molecular weight is 262 g/mol. The molecule has 0 aliphatic heterocycles. The molecule has 0 aromatic heterocycles. The van der Waals surface area contributed by atoms with Crippen molar-refractivity contribution in [3.8, 4) is 0 Å². The zero-order chi connectivity index (χ0) is 13.1. The number of unbranched alkanes of at least 4 members (excludes halogenated alkanes) is 1. The van der Waals surface area contributed by atoms with Gasteiger partial charge in [-0.25, -0.2) is 4.79 Å². The molecule has 0 spiro atoms. The van der Waals surface area contributed by atoms with E-state index in [0.717, 1.165) is 5.75 Å². The van der Waals surface area contributed by atoms with Crippen molar-refractivity contribution in [2.75, 3.05) is 25.1 Å². The van der Waals surface area contributed by atoms with Gasteiger partial charge in [0.05, 0.1) is 0 Å². The molecule has 0 bridgehead atoms. The van der Waals surface area contributed by atoms with Crippen LogP contribution >= 0.6 is 11.8 Å². The Morgan fingerprint density at radius 1 is 1.29 bits per heavy atom. The Hall–Kier alpha value is -0.910. The van der Waals surface area contributed by atoms with E-state index < -0.39 is 5.97 Å². The summed E-state index contributed by atoms with van der Waals surface area (Å²) in [6.07, 6.45) is 3.49. The molecule has 0 fully saturated rings. The maximum absolute atomic E-state index is 11.3. The SMILES string of the molecule is CSCC(C)CNC(=O)NCCCCC(=O)O. The number of amides is 2. The molecule has 1 atom stereocenters. The molecule has 0 aliphatic carbocycles. The third kappa shape index (κ3) is 11.4. The zero-order valence-corrected chi connectivity index (χ0v) is 11.3. The first-order valence-corrected chi connectivity index (χ1v) is 7.18. The van der Waals surface area contributed by atoms with Gasteiger partial charge < -0.3 is 15.7 Å². The number of rotatable bonds is 9. The van der Waals surface area contributed by atoms with Crippen molar-refractivity contribution in [1.82, 2.24) is 10.6 Å². The highest BCUT2D eigenvalue weighted by Gasteiger charge is 2.04. The van der Waals surface area contributed by atoms with Gasteiger partial charge in [0.2, 0.25) is 0 Å². The molecule has 2 amide bonds.